The molecule has 3 N–H and O–H groups in total. The lowest BCUT2D eigenvalue weighted by atomic mass is 9.83. The fourth-order valence-corrected chi connectivity index (χ4v) is 5.04. The molecule has 172 valence electrons. The number of hydrogen-bond donors (Lipinski definition) is 3. The number of nitrogens with zero attached hydrogens (tertiary/aromatic N) is 5. The first-order chi connectivity index (χ1) is 16.6. The average Bonchev–Trinajstić information content (AvgIpc) is 3.67. The predicted molar refractivity (Wildman–Crippen MR) is 130 cm³/mol. The van der Waals surface area contributed by atoms with Gasteiger partial charge in [0.2, 0.25) is 5.95 Å². The molecule has 1 atom stereocenters. The second-order valence-corrected chi connectivity index (χ2v) is 9.80. The van der Waals surface area contributed by atoms with Gasteiger partial charge in [-0.3, -0.25) is 9.88 Å². The third kappa shape index (κ3) is 3.67. The van der Waals surface area contributed by atoms with E-state index in [0.29, 0.717) is 18.1 Å². The Labute approximate surface area is 198 Å². The summed E-state index contributed by atoms with van der Waals surface area (Å²) in [6.07, 6.45) is 7.19. The number of aliphatic hydroxyl groups is 1. The SMILES string of the molecule is C[C@]1(CO)CNc2c(C#N)cc(-c3ccnc(Nc4cnc5c(c4)CN(C4CC4)CC5)n3)cc21. The van der Waals surface area contributed by atoms with Crippen molar-refractivity contribution in [3.8, 4) is 17.3 Å². The number of nitrogens with one attached hydrogen (secondary N) is 2. The van der Waals surface area contributed by atoms with Crippen LogP contribution in [0.25, 0.3) is 11.3 Å². The molecule has 0 bridgehead atoms. The van der Waals surface area contributed by atoms with Gasteiger partial charge in [0, 0.05) is 55.0 Å². The molecule has 0 amide bonds. The highest BCUT2D eigenvalue weighted by molar-refractivity contribution is 5.76. The molecule has 34 heavy (non-hydrogen) atoms. The van der Waals surface area contributed by atoms with E-state index in [-0.39, 0.29) is 6.61 Å². The summed E-state index contributed by atoms with van der Waals surface area (Å²) in [6, 6.07) is 10.9. The molecular formula is C26H27N7O. The highest BCUT2D eigenvalue weighted by Crippen LogP contribution is 2.41. The lowest BCUT2D eigenvalue weighted by molar-refractivity contribution is 0.219. The first-order valence-electron chi connectivity index (χ1n) is 11.8. The van der Waals surface area contributed by atoms with Crippen molar-refractivity contribution >= 4 is 17.3 Å². The normalized spacial score (nSPS) is 21.3. The van der Waals surface area contributed by atoms with E-state index in [1.165, 1.54) is 24.1 Å². The second-order valence-electron chi connectivity index (χ2n) is 9.80. The summed E-state index contributed by atoms with van der Waals surface area (Å²) < 4.78 is 0. The first kappa shape index (κ1) is 21.0. The third-order valence-corrected chi connectivity index (χ3v) is 7.25. The van der Waals surface area contributed by atoms with E-state index in [1.807, 2.05) is 31.3 Å². The van der Waals surface area contributed by atoms with Crippen LogP contribution in [0.1, 0.15) is 42.1 Å². The van der Waals surface area contributed by atoms with Gasteiger partial charge < -0.3 is 15.7 Å². The maximum absolute atomic E-state index is 9.97. The number of nitriles is 1. The molecule has 2 aromatic heterocycles. The number of anilines is 3. The molecule has 1 fully saturated rings. The van der Waals surface area contributed by atoms with Crippen molar-refractivity contribution in [2.24, 2.45) is 0 Å². The lowest BCUT2D eigenvalue weighted by Gasteiger charge is -2.28. The number of aromatic nitrogens is 3. The number of fused-ring (bicyclic) bond motifs is 2. The molecule has 8 nitrogen and oxygen atoms in total. The summed E-state index contributed by atoms with van der Waals surface area (Å²) in [5.41, 5.74) is 6.73. The highest BCUT2D eigenvalue weighted by atomic mass is 16.3. The molecule has 3 aliphatic rings. The first-order valence-corrected chi connectivity index (χ1v) is 11.8. The van der Waals surface area contributed by atoms with Gasteiger partial charge in [-0.25, -0.2) is 9.97 Å². The molecular weight excluding hydrogens is 426 g/mol. The van der Waals surface area contributed by atoms with Gasteiger partial charge in [-0.1, -0.05) is 6.92 Å². The molecule has 3 aromatic rings. The predicted octanol–water partition coefficient (Wildman–Crippen LogP) is 3.35. The van der Waals surface area contributed by atoms with Gasteiger partial charge in [0.15, 0.2) is 0 Å². The smallest absolute Gasteiger partial charge is 0.227 e. The van der Waals surface area contributed by atoms with Crippen LogP contribution in [0.5, 0.6) is 0 Å². The van der Waals surface area contributed by atoms with Crippen LogP contribution in [0.2, 0.25) is 0 Å². The van der Waals surface area contributed by atoms with Crippen LogP contribution in [0.3, 0.4) is 0 Å². The van der Waals surface area contributed by atoms with E-state index in [1.54, 1.807) is 6.20 Å². The number of aliphatic hydroxyl groups excluding tert-OH is 1. The molecule has 0 unspecified atom stereocenters. The molecule has 0 saturated heterocycles. The van der Waals surface area contributed by atoms with Crippen LogP contribution >= 0.6 is 0 Å². The van der Waals surface area contributed by atoms with Gasteiger partial charge in [0.25, 0.3) is 0 Å². The zero-order chi connectivity index (χ0) is 23.3. The minimum atomic E-state index is -0.436. The van der Waals surface area contributed by atoms with Crippen LogP contribution < -0.4 is 10.6 Å². The van der Waals surface area contributed by atoms with E-state index in [9.17, 15) is 10.4 Å². The van der Waals surface area contributed by atoms with Crippen LogP contribution in [-0.4, -0.2) is 50.7 Å². The van der Waals surface area contributed by atoms with E-state index < -0.39 is 5.41 Å². The molecule has 1 aliphatic carbocycles. The molecule has 0 radical (unpaired) electrons. The number of benzene rings is 1. The monoisotopic (exact) mass is 453 g/mol. The lowest BCUT2D eigenvalue weighted by Crippen LogP contribution is -2.32. The van der Waals surface area contributed by atoms with Crippen LogP contribution in [0.4, 0.5) is 17.3 Å². The van der Waals surface area contributed by atoms with Crippen LogP contribution in [0, 0.1) is 11.3 Å². The Balaban J connectivity index is 1.29. The quantitative estimate of drug-likeness (QED) is 0.540. The van der Waals surface area contributed by atoms with Gasteiger partial charge in [-0.2, -0.15) is 5.26 Å². The molecule has 0 spiro atoms. The molecule has 2 aliphatic heterocycles. The van der Waals surface area contributed by atoms with Crippen molar-refractivity contribution in [3.63, 3.8) is 0 Å². The van der Waals surface area contributed by atoms with E-state index in [0.717, 1.165) is 53.7 Å². The molecule has 4 heterocycles. The Kier molecular flexibility index (Phi) is 4.97. The number of pyridine rings is 1. The Morgan fingerprint density at radius 1 is 1.29 bits per heavy atom. The van der Waals surface area contributed by atoms with Gasteiger partial charge >= 0.3 is 0 Å². The zero-order valence-corrected chi connectivity index (χ0v) is 19.2. The van der Waals surface area contributed by atoms with Crippen molar-refractivity contribution < 1.29 is 5.11 Å². The summed E-state index contributed by atoms with van der Waals surface area (Å²) in [6.45, 7) is 4.64. The Morgan fingerprint density at radius 2 is 2.18 bits per heavy atom. The zero-order valence-electron chi connectivity index (χ0n) is 19.2. The number of rotatable bonds is 5. The Morgan fingerprint density at radius 3 is 2.97 bits per heavy atom. The Hall–Kier alpha value is -3.54. The van der Waals surface area contributed by atoms with Crippen molar-refractivity contribution in [2.45, 2.75) is 44.2 Å². The minimum absolute atomic E-state index is 0.00139. The Bertz CT molecular complexity index is 1310. The van der Waals surface area contributed by atoms with E-state index >= 15 is 0 Å². The molecule has 6 rings (SSSR count). The van der Waals surface area contributed by atoms with Gasteiger partial charge in [-0.05, 0) is 48.2 Å². The van der Waals surface area contributed by atoms with Crippen LogP contribution in [-0.2, 0) is 18.4 Å². The molecule has 1 aromatic carbocycles. The summed E-state index contributed by atoms with van der Waals surface area (Å²) in [4.78, 5) is 16.4. The summed E-state index contributed by atoms with van der Waals surface area (Å²) in [5, 5.41) is 26.3. The van der Waals surface area contributed by atoms with Gasteiger partial charge in [0.05, 0.1) is 35.4 Å². The van der Waals surface area contributed by atoms with Crippen molar-refractivity contribution in [3.05, 3.63) is 59.0 Å². The fraction of sp³-hybridized carbons (Fsp3) is 0.385. The fourth-order valence-electron chi connectivity index (χ4n) is 5.04. The molecule has 8 heteroatoms. The average molecular weight is 454 g/mol. The van der Waals surface area contributed by atoms with Gasteiger partial charge in [0.1, 0.15) is 6.07 Å². The van der Waals surface area contributed by atoms with Crippen LogP contribution in [0.15, 0.2) is 36.7 Å². The summed E-state index contributed by atoms with van der Waals surface area (Å²) in [5.74, 6) is 0.483. The van der Waals surface area contributed by atoms with E-state index in [4.69, 9.17) is 4.98 Å². The third-order valence-electron chi connectivity index (χ3n) is 7.25. The van der Waals surface area contributed by atoms with E-state index in [2.05, 4.69) is 37.6 Å². The molecule has 1 saturated carbocycles. The summed E-state index contributed by atoms with van der Waals surface area (Å²) >= 11 is 0. The number of hydrogen-bond acceptors (Lipinski definition) is 8. The standard InChI is InChI=1S/C26H27N7O/c1-26(15-34)14-30-24-17(11-27)8-16(10-21(24)26)23-4-6-28-25(32-23)31-19-9-18-13-33(20-2-3-20)7-5-22(18)29-12-19/h4,6,8-10,12,20,30,34H,2-3,5,7,13-15H2,1H3,(H,28,31,32)/t26-/m1/s1. The van der Waals surface area contributed by atoms with Crippen molar-refractivity contribution in [1.82, 2.24) is 19.9 Å². The van der Waals surface area contributed by atoms with Gasteiger partial charge in [-0.15, -0.1) is 0 Å². The highest BCUT2D eigenvalue weighted by Gasteiger charge is 2.36. The minimum Gasteiger partial charge on any atom is -0.395 e. The topological polar surface area (TPSA) is 110 Å². The van der Waals surface area contributed by atoms with Crippen molar-refractivity contribution in [2.75, 3.05) is 30.3 Å². The largest absolute Gasteiger partial charge is 0.395 e. The second kappa shape index (κ2) is 8.05. The maximum Gasteiger partial charge on any atom is 0.227 e. The van der Waals surface area contributed by atoms with Crippen molar-refractivity contribution in [1.29, 1.82) is 5.26 Å². The summed E-state index contributed by atoms with van der Waals surface area (Å²) in [7, 11) is 0. The maximum atomic E-state index is 9.97.